The van der Waals surface area contributed by atoms with Crippen molar-refractivity contribution in [3.63, 3.8) is 0 Å². The van der Waals surface area contributed by atoms with Crippen molar-refractivity contribution in [1.82, 2.24) is 5.32 Å². The summed E-state index contributed by atoms with van der Waals surface area (Å²) < 4.78 is 9.96. The fourth-order valence-corrected chi connectivity index (χ4v) is 1.57. The molecule has 0 aliphatic carbocycles. The van der Waals surface area contributed by atoms with Gasteiger partial charge in [0.1, 0.15) is 5.69 Å². The first-order chi connectivity index (χ1) is 9.53. The minimum Gasteiger partial charge on any atom is -0.374 e. The van der Waals surface area contributed by atoms with E-state index < -0.39 is 11.2 Å². The normalized spacial score (nSPS) is 10.4. The molecule has 0 fully saturated rings. The van der Waals surface area contributed by atoms with Gasteiger partial charge in [0, 0.05) is 32.9 Å². The lowest BCUT2D eigenvalue weighted by molar-refractivity contribution is -0.384. The highest BCUT2D eigenvalue weighted by molar-refractivity contribution is 5.95. The second-order valence-corrected chi connectivity index (χ2v) is 3.85. The van der Waals surface area contributed by atoms with Crippen molar-refractivity contribution in [1.29, 1.82) is 0 Å². The Hall–Kier alpha value is -2.19. The number of carbonyl (C=O) groups excluding carboxylic acids is 1. The number of benzene rings is 1. The zero-order chi connectivity index (χ0) is 15.1. The number of hydrogen-bond donors (Lipinski definition) is 2. The minimum atomic E-state index is -0.552. The van der Waals surface area contributed by atoms with Crippen LogP contribution in [0.5, 0.6) is 0 Å². The van der Waals surface area contributed by atoms with Crippen molar-refractivity contribution in [2.75, 3.05) is 33.1 Å². The lowest BCUT2D eigenvalue weighted by Crippen LogP contribution is -2.24. The van der Waals surface area contributed by atoms with Gasteiger partial charge >= 0.3 is 0 Å². The third-order valence-electron chi connectivity index (χ3n) is 2.67. The molecule has 8 heteroatoms. The molecule has 110 valence electrons. The molecule has 0 spiro atoms. The fourth-order valence-electron chi connectivity index (χ4n) is 1.57. The van der Waals surface area contributed by atoms with Crippen LogP contribution in [0, 0.1) is 10.1 Å². The molecule has 2 N–H and O–H groups in total. The van der Waals surface area contributed by atoms with Crippen LogP contribution in [-0.4, -0.2) is 44.9 Å². The molecule has 0 unspecified atom stereocenters. The summed E-state index contributed by atoms with van der Waals surface area (Å²) in [6.45, 7) is 0.243. The zero-order valence-electron chi connectivity index (χ0n) is 11.5. The van der Waals surface area contributed by atoms with Gasteiger partial charge in [-0.2, -0.15) is 0 Å². The molecular weight excluding hydrogens is 266 g/mol. The van der Waals surface area contributed by atoms with Crippen molar-refractivity contribution in [3.8, 4) is 0 Å². The fraction of sp³-hybridized carbons (Fsp3) is 0.417. The van der Waals surface area contributed by atoms with Gasteiger partial charge in [0.05, 0.1) is 11.5 Å². The Morgan fingerprint density at radius 1 is 1.40 bits per heavy atom. The van der Waals surface area contributed by atoms with Crippen LogP contribution in [0.1, 0.15) is 10.4 Å². The van der Waals surface area contributed by atoms with Crippen LogP contribution in [-0.2, 0) is 9.47 Å². The number of nitrogens with one attached hydrogen (secondary N) is 2. The quantitative estimate of drug-likeness (QED) is 0.439. The molecule has 0 atom stereocenters. The molecule has 0 saturated carbocycles. The highest BCUT2D eigenvalue weighted by atomic mass is 16.7. The molecule has 0 aliphatic heterocycles. The number of methoxy groups -OCH3 is 2. The maximum atomic E-state index is 11.5. The summed E-state index contributed by atoms with van der Waals surface area (Å²) in [6.07, 6.45) is -0.520. The van der Waals surface area contributed by atoms with Crippen LogP contribution in [0.2, 0.25) is 0 Å². The number of nitro benzene ring substituents is 1. The summed E-state index contributed by atoms with van der Waals surface area (Å²) >= 11 is 0. The van der Waals surface area contributed by atoms with E-state index in [1.807, 2.05) is 0 Å². The van der Waals surface area contributed by atoms with Crippen molar-refractivity contribution in [2.24, 2.45) is 0 Å². The molecule has 1 rings (SSSR count). The van der Waals surface area contributed by atoms with Gasteiger partial charge in [-0.3, -0.25) is 14.9 Å². The van der Waals surface area contributed by atoms with Gasteiger partial charge in [-0.15, -0.1) is 0 Å². The van der Waals surface area contributed by atoms with Gasteiger partial charge in [-0.25, -0.2) is 0 Å². The molecule has 8 nitrogen and oxygen atoms in total. The van der Waals surface area contributed by atoms with Crippen LogP contribution in [0.25, 0.3) is 0 Å². The van der Waals surface area contributed by atoms with E-state index in [0.717, 1.165) is 0 Å². The van der Waals surface area contributed by atoms with E-state index in [4.69, 9.17) is 9.47 Å². The summed E-state index contributed by atoms with van der Waals surface area (Å²) in [7, 11) is 4.40. The monoisotopic (exact) mass is 283 g/mol. The van der Waals surface area contributed by atoms with Gasteiger partial charge in [-0.05, 0) is 12.1 Å². The van der Waals surface area contributed by atoms with Crippen LogP contribution in [0.15, 0.2) is 18.2 Å². The van der Waals surface area contributed by atoms with Crippen LogP contribution >= 0.6 is 0 Å². The second-order valence-electron chi connectivity index (χ2n) is 3.85. The molecule has 1 aromatic carbocycles. The Morgan fingerprint density at radius 2 is 2.05 bits per heavy atom. The van der Waals surface area contributed by atoms with Crippen molar-refractivity contribution >= 4 is 17.3 Å². The smallest absolute Gasteiger partial charge is 0.293 e. The topological polar surface area (TPSA) is 103 Å². The molecule has 0 radical (unpaired) electrons. The first kappa shape index (κ1) is 15.9. The average molecular weight is 283 g/mol. The molecule has 0 heterocycles. The Bertz CT molecular complexity index is 488. The van der Waals surface area contributed by atoms with Crippen molar-refractivity contribution in [3.05, 3.63) is 33.9 Å². The summed E-state index contributed by atoms with van der Waals surface area (Å²) in [6, 6.07) is 4.20. The minimum absolute atomic E-state index is 0.183. The number of amides is 1. The predicted octanol–water partition coefficient (Wildman–Crippen LogP) is 0.985. The maximum absolute atomic E-state index is 11.5. The van der Waals surface area contributed by atoms with Crippen LogP contribution in [0.3, 0.4) is 0 Å². The number of nitro groups is 1. The number of carbonyl (C=O) groups is 1. The van der Waals surface area contributed by atoms with E-state index in [2.05, 4.69) is 10.6 Å². The third kappa shape index (κ3) is 3.90. The van der Waals surface area contributed by atoms with E-state index in [-0.39, 0.29) is 23.7 Å². The second kappa shape index (κ2) is 7.41. The number of hydrogen-bond acceptors (Lipinski definition) is 6. The Morgan fingerprint density at radius 3 is 2.55 bits per heavy atom. The first-order valence-electron chi connectivity index (χ1n) is 5.83. The summed E-state index contributed by atoms with van der Waals surface area (Å²) in [4.78, 5) is 22.0. The van der Waals surface area contributed by atoms with Gasteiger partial charge in [0.25, 0.3) is 11.6 Å². The number of nitrogens with zero attached hydrogens (tertiary/aromatic N) is 1. The molecule has 20 heavy (non-hydrogen) atoms. The summed E-state index contributed by atoms with van der Waals surface area (Å²) in [5.74, 6) is -0.383. The Kier molecular flexibility index (Phi) is 5.88. The molecular formula is C12H17N3O5. The van der Waals surface area contributed by atoms with E-state index in [0.29, 0.717) is 5.69 Å². The van der Waals surface area contributed by atoms with Gasteiger partial charge in [-0.1, -0.05) is 0 Å². The largest absolute Gasteiger partial charge is 0.374 e. The lowest BCUT2D eigenvalue weighted by atomic mass is 10.1. The molecule has 0 bridgehead atoms. The molecule has 0 saturated heterocycles. The average Bonchev–Trinajstić information content (AvgIpc) is 2.47. The number of rotatable bonds is 7. The van der Waals surface area contributed by atoms with Gasteiger partial charge in [0.15, 0.2) is 6.29 Å². The van der Waals surface area contributed by atoms with E-state index in [1.54, 1.807) is 0 Å². The Balaban J connectivity index is 2.96. The number of ether oxygens (including phenoxy) is 2. The third-order valence-corrected chi connectivity index (χ3v) is 2.67. The number of anilines is 1. The SMILES string of the molecule is CNC(=O)c1ccc(NCC(OC)OC)c([N+](=O)[O-])c1. The highest BCUT2D eigenvalue weighted by Gasteiger charge is 2.18. The van der Waals surface area contributed by atoms with Crippen molar-refractivity contribution < 1.29 is 19.2 Å². The highest BCUT2D eigenvalue weighted by Crippen LogP contribution is 2.25. The van der Waals surface area contributed by atoms with E-state index in [1.165, 1.54) is 39.5 Å². The standard InChI is InChI=1S/C12H17N3O5/c1-13-12(16)8-4-5-9(10(6-8)15(17)18)14-7-11(19-2)20-3/h4-6,11,14H,7H2,1-3H3,(H,13,16). The molecule has 1 amide bonds. The first-order valence-corrected chi connectivity index (χ1v) is 5.83. The lowest BCUT2D eigenvalue weighted by Gasteiger charge is -2.15. The van der Waals surface area contributed by atoms with E-state index >= 15 is 0 Å². The summed E-state index contributed by atoms with van der Waals surface area (Å²) in [5.41, 5.74) is 0.332. The van der Waals surface area contributed by atoms with Crippen LogP contribution in [0.4, 0.5) is 11.4 Å². The Labute approximate surface area is 116 Å². The summed E-state index contributed by atoms with van der Waals surface area (Å²) in [5, 5.41) is 16.3. The molecule has 0 aromatic heterocycles. The molecule has 1 aromatic rings. The van der Waals surface area contributed by atoms with Gasteiger partial charge < -0.3 is 20.1 Å². The van der Waals surface area contributed by atoms with Gasteiger partial charge in [0.2, 0.25) is 0 Å². The van der Waals surface area contributed by atoms with E-state index in [9.17, 15) is 14.9 Å². The predicted molar refractivity (Wildman–Crippen MR) is 72.8 cm³/mol. The maximum Gasteiger partial charge on any atom is 0.293 e. The van der Waals surface area contributed by atoms with Crippen LogP contribution < -0.4 is 10.6 Å². The zero-order valence-corrected chi connectivity index (χ0v) is 11.5. The van der Waals surface area contributed by atoms with Crippen molar-refractivity contribution in [2.45, 2.75) is 6.29 Å². The molecule has 0 aliphatic rings.